The Hall–Kier alpha value is -0.610. The molecule has 0 aliphatic carbocycles. The number of hydrogen-bond acceptors (Lipinski definition) is 3. The molecule has 1 aliphatic heterocycles. The van der Waals surface area contributed by atoms with Crippen LogP contribution in [0.1, 0.15) is 26.2 Å². The van der Waals surface area contributed by atoms with Crippen LogP contribution in [0.5, 0.6) is 0 Å². The summed E-state index contributed by atoms with van der Waals surface area (Å²) in [6.07, 6.45) is 2.19. The van der Waals surface area contributed by atoms with Crippen molar-refractivity contribution in [3.8, 4) is 0 Å². The number of rotatable bonds is 3. The molecular weight excluding hydrogens is 180 g/mol. The quantitative estimate of drug-likeness (QED) is 0.672. The predicted molar refractivity (Wildman–Crippen MR) is 55.0 cm³/mol. The van der Waals surface area contributed by atoms with Crippen LogP contribution in [0.2, 0.25) is 0 Å². The molecule has 1 aliphatic rings. The van der Waals surface area contributed by atoms with Crippen molar-refractivity contribution in [3.05, 3.63) is 0 Å². The molecule has 0 saturated carbocycles. The smallest absolute Gasteiger partial charge is 0.222 e. The van der Waals surface area contributed by atoms with Crippen molar-refractivity contribution >= 4 is 5.91 Å². The minimum Gasteiger partial charge on any atom is -0.396 e. The summed E-state index contributed by atoms with van der Waals surface area (Å²) < 4.78 is 0. The van der Waals surface area contributed by atoms with Gasteiger partial charge in [0.2, 0.25) is 5.91 Å². The van der Waals surface area contributed by atoms with E-state index in [9.17, 15) is 4.79 Å². The van der Waals surface area contributed by atoms with Gasteiger partial charge >= 0.3 is 0 Å². The van der Waals surface area contributed by atoms with Crippen molar-refractivity contribution in [2.75, 3.05) is 26.7 Å². The number of amides is 1. The number of aliphatic hydroxyl groups excluding tert-OH is 1. The van der Waals surface area contributed by atoms with Gasteiger partial charge in [0.05, 0.1) is 6.61 Å². The highest BCUT2D eigenvalue weighted by Crippen LogP contribution is 2.20. The lowest BCUT2D eigenvalue weighted by molar-refractivity contribution is -0.124. The number of nitrogens with one attached hydrogen (secondary N) is 1. The Morgan fingerprint density at radius 1 is 1.50 bits per heavy atom. The van der Waals surface area contributed by atoms with E-state index in [0.29, 0.717) is 0 Å². The summed E-state index contributed by atoms with van der Waals surface area (Å²) in [6, 6.07) is 0. The number of carbonyl (C=O) groups is 1. The second-order valence-corrected chi connectivity index (χ2v) is 4.39. The third-order valence-electron chi connectivity index (χ3n) is 2.87. The first kappa shape index (κ1) is 11.5. The van der Waals surface area contributed by atoms with Gasteiger partial charge in [-0.25, -0.2) is 0 Å². The molecule has 4 heteroatoms. The van der Waals surface area contributed by atoms with Crippen LogP contribution >= 0.6 is 0 Å². The summed E-state index contributed by atoms with van der Waals surface area (Å²) in [5, 5.41) is 11.6. The van der Waals surface area contributed by atoms with Crippen LogP contribution < -0.4 is 5.32 Å². The number of piperidine rings is 1. The molecule has 0 aromatic heterocycles. The molecule has 2 N–H and O–H groups in total. The van der Waals surface area contributed by atoms with E-state index in [1.807, 2.05) is 0 Å². The Labute approximate surface area is 85.3 Å². The number of carbonyl (C=O) groups excluding carboxylic acids is 1. The standard InChI is InChI=1S/C10H20N2O2/c1-10(11-9(14)3-8-13)4-6-12(2)7-5-10/h13H,3-8H2,1-2H3,(H,11,14). The van der Waals surface area contributed by atoms with E-state index in [-0.39, 0.29) is 24.5 Å². The number of likely N-dealkylation sites (tertiary alicyclic amines) is 1. The van der Waals surface area contributed by atoms with Crippen LogP contribution in [0.15, 0.2) is 0 Å². The molecule has 0 bridgehead atoms. The first-order valence-electron chi connectivity index (χ1n) is 5.16. The molecule has 14 heavy (non-hydrogen) atoms. The highest BCUT2D eigenvalue weighted by molar-refractivity contribution is 5.76. The van der Waals surface area contributed by atoms with Crippen molar-refractivity contribution < 1.29 is 9.90 Å². The molecule has 0 aromatic carbocycles. The zero-order valence-electron chi connectivity index (χ0n) is 9.05. The summed E-state index contributed by atoms with van der Waals surface area (Å²) in [4.78, 5) is 13.6. The third kappa shape index (κ3) is 3.27. The molecule has 0 aromatic rings. The largest absolute Gasteiger partial charge is 0.396 e. The van der Waals surface area contributed by atoms with Gasteiger partial charge in [0, 0.05) is 25.0 Å². The molecule has 0 atom stereocenters. The van der Waals surface area contributed by atoms with Gasteiger partial charge in [0.15, 0.2) is 0 Å². The molecule has 0 spiro atoms. The maximum atomic E-state index is 11.3. The van der Waals surface area contributed by atoms with E-state index < -0.39 is 0 Å². The summed E-state index contributed by atoms with van der Waals surface area (Å²) >= 11 is 0. The molecule has 82 valence electrons. The van der Waals surface area contributed by atoms with Gasteiger partial charge in [-0.1, -0.05) is 0 Å². The summed E-state index contributed by atoms with van der Waals surface area (Å²) in [5.74, 6) is -0.0421. The Kier molecular flexibility index (Phi) is 3.89. The number of nitrogens with zero attached hydrogens (tertiary/aromatic N) is 1. The lowest BCUT2D eigenvalue weighted by atomic mass is 9.89. The minimum atomic E-state index is -0.0707. The van der Waals surface area contributed by atoms with Crippen LogP contribution in [-0.2, 0) is 4.79 Å². The van der Waals surface area contributed by atoms with Crippen molar-refractivity contribution in [3.63, 3.8) is 0 Å². The Morgan fingerprint density at radius 3 is 2.57 bits per heavy atom. The first-order valence-corrected chi connectivity index (χ1v) is 5.16. The van der Waals surface area contributed by atoms with Crippen molar-refractivity contribution in [2.45, 2.75) is 31.7 Å². The second-order valence-electron chi connectivity index (χ2n) is 4.39. The zero-order valence-corrected chi connectivity index (χ0v) is 9.05. The maximum absolute atomic E-state index is 11.3. The summed E-state index contributed by atoms with van der Waals surface area (Å²) in [7, 11) is 2.09. The normalized spacial score (nSPS) is 21.9. The van der Waals surface area contributed by atoms with Gasteiger partial charge < -0.3 is 15.3 Å². The Balaban J connectivity index is 2.38. The van der Waals surface area contributed by atoms with Crippen LogP contribution in [0, 0.1) is 0 Å². The lowest BCUT2D eigenvalue weighted by Gasteiger charge is -2.38. The van der Waals surface area contributed by atoms with Gasteiger partial charge in [-0.15, -0.1) is 0 Å². The molecule has 1 rings (SSSR count). The average molecular weight is 200 g/mol. The van der Waals surface area contributed by atoms with Gasteiger partial charge in [0.25, 0.3) is 0 Å². The van der Waals surface area contributed by atoms with Crippen molar-refractivity contribution in [2.24, 2.45) is 0 Å². The first-order chi connectivity index (χ1) is 6.56. The monoisotopic (exact) mass is 200 g/mol. The van der Waals surface area contributed by atoms with Gasteiger partial charge in [-0.05, 0) is 26.8 Å². The molecule has 1 fully saturated rings. The highest BCUT2D eigenvalue weighted by Gasteiger charge is 2.29. The molecular formula is C10H20N2O2. The van der Waals surface area contributed by atoms with Crippen molar-refractivity contribution in [1.82, 2.24) is 10.2 Å². The lowest BCUT2D eigenvalue weighted by Crippen LogP contribution is -2.52. The highest BCUT2D eigenvalue weighted by atomic mass is 16.3. The minimum absolute atomic E-state index is 0.0421. The Morgan fingerprint density at radius 2 is 2.07 bits per heavy atom. The van der Waals surface area contributed by atoms with Gasteiger partial charge in [-0.3, -0.25) is 4.79 Å². The van der Waals surface area contributed by atoms with E-state index in [1.165, 1.54) is 0 Å². The van der Waals surface area contributed by atoms with Gasteiger partial charge in [0.1, 0.15) is 0 Å². The molecule has 0 radical (unpaired) electrons. The van der Waals surface area contributed by atoms with E-state index in [1.54, 1.807) is 0 Å². The predicted octanol–water partition coefficient (Wildman–Crippen LogP) is -0.0307. The Bertz CT molecular complexity index is 198. The SMILES string of the molecule is CN1CCC(C)(NC(=O)CCO)CC1. The van der Waals surface area contributed by atoms with Gasteiger partial charge in [-0.2, -0.15) is 0 Å². The van der Waals surface area contributed by atoms with E-state index in [4.69, 9.17) is 5.11 Å². The van der Waals surface area contributed by atoms with Crippen LogP contribution in [0.4, 0.5) is 0 Å². The fraction of sp³-hybridized carbons (Fsp3) is 0.900. The van der Waals surface area contributed by atoms with Crippen molar-refractivity contribution in [1.29, 1.82) is 0 Å². The molecule has 1 saturated heterocycles. The van der Waals surface area contributed by atoms with E-state index >= 15 is 0 Å². The second kappa shape index (κ2) is 4.75. The molecule has 1 amide bonds. The van der Waals surface area contributed by atoms with E-state index in [0.717, 1.165) is 25.9 Å². The van der Waals surface area contributed by atoms with Crippen LogP contribution in [0.3, 0.4) is 0 Å². The maximum Gasteiger partial charge on any atom is 0.222 e. The van der Waals surface area contributed by atoms with E-state index in [2.05, 4.69) is 24.2 Å². The molecule has 0 unspecified atom stereocenters. The zero-order chi connectivity index (χ0) is 10.6. The fourth-order valence-corrected chi connectivity index (χ4v) is 1.74. The number of aliphatic hydroxyl groups is 1. The number of hydrogen-bond donors (Lipinski definition) is 2. The molecule has 1 heterocycles. The average Bonchev–Trinajstić information content (AvgIpc) is 2.11. The molecule has 4 nitrogen and oxygen atoms in total. The summed E-state index contributed by atoms with van der Waals surface area (Å²) in [5.41, 5.74) is -0.0707. The third-order valence-corrected chi connectivity index (χ3v) is 2.87. The fourth-order valence-electron chi connectivity index (χ4n) is 1.74. The topological polar surface area (TPSA) is 52.6 Å². The van der Waals surface area contributed by atoms with Crippen LogP contribution in [0.25, 0.3) is 0 Å². The summed E-state index contributed by atoms with van der Waals surface area (Å²) in [6.45, 7) is 4.06. The van der Waals surface area contributed by atoms with Crippen LogP contribution in [-0.4, -0.2) is 48.2 Å².